The highest BCUT2D eigenvalue weighted by Gasteiger charge is 2.24. The first kappa shape index (κ1) is 18.4. The Morgan fingerprint density at radius 3 is 2.38 bits per heavy atom. The van der Waals surface area contributed by atoms with Gasteiger partial charge in [-0.3, -0.25) is 9.52 Å². The number of aryl methyl sites for hydroxylation is 1. The van der Waals surface area contributed by atoms with Crippen molar-refractivity contribution in [3.8, 4) is 0 Å². The van der Waals surface area contributed by atoms with Gasteiger partial charge in [-0.25, -0.2) is 8.42 Å². The zero-order valence-electron chi connectivity index (χ0n) is 14.9. The number of carbonyl (C=O) groups excluding carboxylic acids is 1. The molecule has 2 aromatic rings. The summed E-state index contributed by atoms with van der Waals surface area (Å²) in [5, 5.41) is 3.24. The van der Waals surface area contributed by atoms with Crippen LogP contribution in [-0.4, -0.2) is 44.9 Å². The second-order valence-corrected chi connectivity index (χ2v) is 8.23. The van der Waals surface area contributed by atoms with E-state index in [0.717, 1.165) is 18.7 Å². The van der Waals surface area contributed by atoms with Crippen LogP contribution in [0.5, 0.6) is 0 Å². The van der Waals surface area contributed by atoms with Crippen LogP contribution in [0.1, 0.15) is 22.8 Å². The van der Waals surface area contributed by atoms with Crippen molar-refractivity contribution < 1.29 is 13.2 Å². The molecule has 0 saturated carbocycles. The van der Waals surface area contributed by atoms with Gasteiger partial charge in [0.25, 0.3) is 15.9 Å². The third-order valence-corrected chi connectivity index (χ3v) is 5.87. The highest BCUT2D eigenvalue weighted by atomic mass is 32.2. The number of benzene rings is 2. The number of amides is 1. The van der Waals surface area contributed by atoms with Crippen LogP contribution in [0.3, 0.4) is 0 Å². The lowest BCUT2D eigenvalue weighted by Gasteiger charge is -2.34. The summed E-state index contributed by atoms with van der Waals surface area (Å²) in [7, 11) is -3.69. The molecular weight excluding hydrogens is 350 g/mol. The number of anilines is 1. The fraction of sp³-hybridized carbons (Fsp3) is 0.316. The molecule has 6 nitrogen and oxygen atoms in total. The molecule has 26 heavy (non-hydrogen) atoms. The number of hydrogen-bond donors (Lipinski definition) is 2. The number of hydrogen-bond acceptors (Lipinski definition) is 4. The topological polar surface area (TPSA) is 78.5 Å². The molecule has 1 amide bonds. The number of carbonyl (C=O) groups is 1. The minimum absolute atomic E-state index is 0.0746. The maximum Gasteiger partial charge on any atom is 0.261 e. The van der Waals surface area contributed by atoms with E-state index in [1.807, 2.05) is 30.9 Å². The second-order valence-electron chi connectivity index (χ2n) is 6.55. The summed E-state index contributed by atoms with van der Waals surface area (Å²) in [5.41, 5.74) is 2.05. The standard InChI is InChI=1S/C19H23N3O3S/c1-14-3-7-17(8-4-14)21-26(24,25)18-9-5-16(6-10-18)19(23)22-12-11-20-13-15(22)2/h3-10,15,20-21H,11-13H2,1-2H3. The van der Waals surface area contributed by atoms with Gasteiger partial charge in [-0.2, -0.15) is 0 Å². The Kier molecular flexibility index (Phi) is 5.29. The predicted molar refractivity (Wildman–Crippen MR) is 102 cm³/mol. The van der Waals surface area contributed by atoms with E-state index in [-0.39, 0.29) is 16.8 Å². The number of nitrogens with one attached hydrogen (secondary N) is 2. The van der Waals surface area contributed by atoms with Crippen molar-refractivity contribution in [3.05, 3.63) is 59.7 Å². The third kappa shape index (κ3) is 4.05. The number of sulfonamides is 1. The highest BCUT2D eigenvalue weighted by molar-refractivity contribution is 7.92. The fourth-order valence-corrected chi connectivity index (χ4v) is 3.98. The van der Waals surface area contributed by atoms with Crippen molar-refractivity contribution in [2.24, 2.45) is 0 Å². The van der Waals surface area contributed by atoms with Crippen LogP contribution in [0, 0.1) is 6.92 Å². The molecule has 2 N–H and O–H groups in total. The van der Waals surface area contributed by atoms with Crippen molar-refractivity contribution in [1.29, 1.82) is 0 Å². The summed E-state index contributed by atoms with van der Waals surface area (Å²) in [6.45, 7) is 6.11. The Labute approximate surface area is 154 Å². The van der Waals surface area contributed by atoms with E-state index in [1.165, 1.54) is 12.1 Å². The smallest absolute Gasteiger partial charge is 0.261 e. The molecular formula is C19H23N3O3S. The van der Waals surface area contributed by atoms with Gasteiger partial charge in [-0.1, -0.05) is 17.7 Å². The van der Waals surface area contributed by atoms with E-state index in [0.29, 0.717) is 17.8 Å². The molecule has 1 heterocycles. The van der Waals surface area contributed by atoms with Crippen molar-refractivity contribution in [2.75, 3.05) is 24.4 Å². The molecule has 2 aromatic carbocycles. The first-order chi connectivity index (χ1) is 12.4. The molecule has 1 aliphatic rings. The molecule has 0 bridgehead atoms. The van der Waals surface area contributed by atoms with Crippen LogP contribution in [0.25, 0.3) is 0 Å². The van der Waals surface area contributed by atoms with Gasteiger partial charge in [0.15, 0.2) is 0 Å². The number of rotatable bonds is 4. The largest absolute Gasteiger partial charge is 0.333 e. The maximum absolute atomic E-state index is 12.6. The van der Waals surface area contributed by atoms with Gasteiger partial charge in [-0.05, 0) is 50.2 Å². The molecule has 7 heteroatoms. The molecule has 1 fully saturated rings. The van der Waals surface area contributed by atoms with Crippen molar-refractivity contribution >= 4 is 21.6 Å². The Morgan fingerprint density at radius 2 is 1.77 bits per heavy atom. The van der Waals surface area contributed by atoms with Crippen LogP contribution >= 0.6 is 0 Å². The van der Waals surface area contributed by atoms with Crippen molar-refractivity contribution in [1.82, 2.24) is 10.2 Å². The molecule has 1 saturated heterocycles. The molecule has 0 spiro atoms. The summed E-state index contributed by atoms with van der Waals surface area (Å²) < 4.78 is 27.6. The van der Waals surface area contributed by atoms with Crippen LogP contribution in [0.4, 0.5) is 5.69 Å². The fourth-order valence-electron chi connectivity index (χ4n) is 2.92. The Hall–Kier alpha value is -2.38. The van der Waals surface area contributed by atoms with Crippen LogP contribution in [-0.2, 0) is 10.0 Å². The maximum atomic E-state index is 12.6. The first-order valence-electron chi connectivity index (χ1n) is 8.58. The molecule has 0 radical (unpaired) electrons. The summed E-state index contributed by atoms with van der Waals surface area (Å²) in [6, 6.07) is 13.3. The number of nitrogens with zero attached hydrogens (tertiary/aromatic N) is 1. The van der Waals surface area contributed by atoms with E-state index in [2.05, 4.69) is 10.0 Å². The highest BCUT2D eigenvalue weighted by Crippen LogP contribution is 2.18. The molecule has 1 atom stereocenters. The van der Waals surface area contributed by atoms with Crippen LogP contribution in [0.15, 0.2) is 53.4 Å². The molecule has 1 aliphatic heterocycles. The van der Waals surface area contributed by atoms with Crippen LogP contribution in [0.2, 0.25) is 0 Å². The molecule has 138 valence electrons. The Balaban J connectivity index is 1.75. The Morgan fingerprint density at radius 1 is 1.12 bits per heavy atom. The van der Waals surface area contributed by atoms with Gasteiger partial charge in [0, 0.05) is 36.9 Å². The molecule has 0 aromatic heterocycles. The van der Waals surface area contributed by atoms with E-state index in [1.54, 1.807) is 24.3 Å². The zero-order chi connectivity index (χ0) is 18.7. The zero-order valence-corrected chi connectivity index (χ0v) is 15.7. The minimum atomic E-state index is -3.69. The van der Waals surface area contributed by atoms with Gasteiger partial charge in [0.05, 0.1) is 4.90 Å². The summed E-state index contributed by atoms with van der Waals surface area (Å²) >= 11 is 0. The van der Waals surface area contributed by atoms with Gasteiger partial charge in [-0.15, -0.1) is 0 Å². The van der Waals surface area contributed by atoms with Crippen molar-refractivity contribution in [2.45, 2.75) is 24.8 Å². The summed E-state index contributed by atoms with van der Waals surface area (Å²) in [5.74, 6) is -0.0746. The van der Waals surface area contributed by atoms with Gasteiger partial charge in [0.2, 0.25) is 0 Å². The summed E-state index contributed by atoms with van der Waals surface area (Å²) in [4.78, 5) is 14.6. The second kappa shape index (κ2) is 7.47. The lowest BCUT2D eigenvalue weighted by Crippen LogP contribution is -2.52. The predicted octanol–water partition coefficient (Wildman–Crippen LogP) is 2.23. The number of piperazine rings is 1. The van der Waals surface area contributed by atoms with Gasteiger partial charge >= 0.3 is 0 Å². The van der Waals surface area contributed by atoms with Crippen LogP contribution < -0.4 is 10.0 Å². The molecule has 1 unspecified atom stereocenters. The average Bonchev–Trinajstić information content (AvgIpc) is 2.63. The molecule has 3 rings (SSSR count). The van der Waals surface area contributed by atoms with Gasteiger partial charge < -0.3 is 10.2 Å². The van der Waals surface area contributed by atoms with Crippen molar-refractivity contribution in [3.63, 3.8) is 0 Å². The van der Waals surface area contributed by atoms with E-state index in [4.69, 9.17) is 0 Å². The monoisotopic (exact) mass is 373 g/mol. The lowest BCUT2D eigenvalue weighted by molar-refractivity contribution is 0.0655. The quantitative estimate of drug-likeness (QED) is 0.861. The minimum Gasteiger partial charge on any atom is -0.333 e. The first-order valence-corrected chi connectivity index (χ1v) is 10.1. The Bertz CT molecular complexity index is 877. The molecule has 0 aliphatic carbocycles. The van der Waals surface area contributed by atoms with E-state index < -0.39 is 10.0 Å². The normalized spacial score (nSPS) is 17.8. The van der Waals surface area contributed by atoms with E-state index in [9.17, 15) is 13.2 Å². The third-order valence-electron chi connectivity index (χ3n) is 4.48. The lowest BCUT2D eigenvalue weighted by atomic mass is 10.1. The average molecular weight is 373 g/mol. The van der Waals surface area contributed by atoms with E-state index >= 15 is 0 Å². The summed E-state index contributed by atoms with van der Waals surface area (Å²) in [6.07, 6.45) is 0. The van der Waals surface area contributed by atoms with Gasteiger partial charge in [0.1, 0.15) is 0 Å². The SMILES string of the molecule is Cc1ccc(NS(=O)(=O)c2ccc(C(=O)N3CCNCC3C)cc2)cc1.